The maximum absolute atomic E-state index is 13.0. The highest BCUT2D eigenvalue weighted by atomic mass is 16.6. The van der Waals surface area contributed by atoms with E-state index in [-0.39, 0.29) is 17.8 Å². The van der Waals surface area contributed by atoms with Crippen molar-refractivity contribution in [3.05, 3.63) is 64.0 Å². The number of methoxy groups -OCH3 is 1. The number of carbonyl (C=O) groups is 3. The Morgan fingerprint density at radius 3 is 2.31 bits per heavy atom. The molecular formula is C25H31NO6. The molecule has 0 saturated carbocycles. The normalized spacial score (nSPS) is 18.4. The summed E-state index contributed by atoms with van der Waals surface area (Å²) >= 11 is 0. The van der Waals surface area contributed by atoms with Crippen LogP contribution in [0.2, 0.25) is 0 Å². The monoisotopic (exact) mass is 444 g/mol. The van der Waals surface area contributed by atoms with Gasteiger partial charge in [-0.3, -0.25) is 0 Å². The lowest BCUT2D eigenvalue weighted by molar-refractivity contribution is -0.148. The number of benzene rings is 1. The molecule has 0 spiro atoms. The molecule has 1 N–H and O–H groups in total. The van der Waals surface area contributed by atoms with E-state index in [1.54, 1.807) is 65.8 Å². The van der Waals surface area contributed by atoms with Crippen LogP contribution >= 0.6 is 0 Å². The van der Waals surface area contributed by atoms with Crippen LogP contribution in [-0.2, 0) is 28.6 Å². The van der Waals surface area contributed by atoms with E-state index in [0.717, 1.165) is 0 Å². The van der Waals surface area contributed by atoms with Gasteiger partial charge in [0.15, 0.2) is 0 Å². The number of esters is 3. The van der Waals surface area contributed by atoms with Crippen LogP contribution in [0.5, 0.6) is 0 Å². The van der Waals surface area contributed by atoms with Crippen LogP contribution < -0.4 is 5.32 Å². The fraction of sp³-hybridized carbons (Fsp3) is 0.400. The van der Waals surface area contributed by atoms with Gasteiger partial charge in [0.1, 0.15) is 5.60 Å². The standard InChI is InChI=1S/C25H31NO6/c1-8-31-24(29)21-16(3)26-15(2)20(23(28)30-7)22(21)18-12-10-9-11-17(18)13-14-19(27)32-25(4,5)6/h9-14,22,26H,8H2,1-7H3/b14-13+/i7D3. The van der Waals surface area contributed by atoms with E-state index >= 15 is 0 Å². The van der Waals surface area contributed by atoms with E-state index in [4.69, 9.17) is 18.3 Å². The minimum absolute atomic E-state index is 0.0482. The maximum atomic E-state index is 13.0. The summed E-state index contributed by atoms with van der Waals surface area (Å²) in [6, 6.07) is 6.84. The summed E-state index contributed by atoms with van der Waals surface area (Å²) in [6.07, 6.45) is 2.77. The van der Waals surface area contributed by atoms with E-state index < -0.39 is 36.5 Å². The molecule has 1 aliphatic heterocycles. The third kappa shape index (κ3) is 5.87. The molecule has 0 aliphatic carbocycles. The van der Waals surface area contributed by atoms with Crippen LogP contribution in [0.3, 0.4) is 0 Å². The number of hydrogen-bond acceptors (Lipinski definition) is 7. The largest absolute Gasteiger partial charge is 0.466 e. The number of ether oxygens (including phenoxy) is 3. The van der Waals surface area contributed by atoms with Crippen LogP contribution in [0, 0.1) is 0 Å². The zero-order valence-electron chi connectivity index (χ0n) is 22.2. The molecular weight excluding hydrogens is 410 g/mol. The Balaban J connectivity index is 2.68. The average molecular weight is 445 g/mol. The van der Waals surface area contributed by atoms with Crippen molar-refractivity contribution in [2.24, 2.45) is 0 Å². The van der Waals surface area contributed by atoms with Gasteiger partial charge in [-0.15, -0.1) is 0 Å². The zero-order chi connectivity index (χ0) is 26.6. The smallest absolute Gasteiger partial charge is 0.336 e. The summed E-state index contributed by atoms with van der Waals surface area (Å²) in [6.45, 7) is 10.2. The highest BCUT2D eigenvalue weighted by Crippen LogP contribution is 2.40. The van der Waals surface area contributed by atoms with Gasteiger partial charge >= 0.3 is 17.9 Å². The molecule has 1 atom stereocenters. The first kappa shape index (κ1) is 20.5. The SMILES string of the molecule is [2H]C([2H])([2H])OC(=O)C1=C(C)NC(C)=C(C(=O)OCC)C1c1ccccc1/C=C/C(=O)OC(C)(C)C. The Morgan fingerprint density at radius 1 is 1.09 bits per heavy atom. The van der Waals surface area contributed by atoms with Crippen LogP contribution in [0.1, 0.15) is 62.7 Å². The lowest BCUT2D eigenvalue weighted by Crippen LogP contribution is -2.32. The van der Waals surface area contributed by atoms with E-state index in [9.17, 15) is 14.4 Å². The Labute approximate surface area is 193 Å². The van der Waals surface area contributed by atoms with Gasteiger partial charge in [-0.1, -0.05) is 24.3 Å². The molecule has 32 heavy (non-hydrogen) atoms. The topological polar surface area (TPSA) is 90.9 Å². The Bertz CT molecular complexity index is 1090. The molecule has 1 aromatic carbocycles. The summed E-state index contributed by atoms with van der Waals surface area (Å²) < 4.78 is 37.4. The molecule has 2 rings (SSSR count). The number of allylic oxidation sites excluding steroid dienone is 2. The minimum Gasteiger partial charge on any atom is -0.466 e. The third-order valence-corrected chi connectivity index (χ3v) is 4.68. The molecule has 0 fully saturated rings. The molecule has 0 bridgehead atoms. The highest BCUT2D eigenvalue weighted by Gasteiger charge is 2.38. The first-order valence-corrected chi connectivity index (χ1v) is 10.2. The van der Waals surface area contributed by atoms with Crippen molar-refractivity contribution in [1.29, 1.82) is 0 Å². The van der Waals surface area contributed by atoms with Crippen molar-refractivity contribution in [2.75, 3.05) is 13.6 Å². The summed E-state index contributed by atoms with van der Waals surface area (Å²) in [5.74, 6) is -3.34. The summed E-state index contributed by atoms with van der Waals surface area (Å²) in [5.41, 5.74) is 1.18. The Kier molecular flexibility index (Phi) is 6.62. The molecule has 0 aromatic heterocycles. The molecule has 0 saturated heterocycles. The average Bonchev–Trinajstić information content (AvgIpc) is 2.69. The van der Waals surface area contributed by atoms with Gasteiger partial charge in [-0.25, -0.2) is 14.4 Å². The summed E-state index contributed by atoms with van der Waals surface area (Å²) in [7, 11) is -2.98. The van der Waals surface area contributed by atoms with Crippen molar-refractivity contribution in [1.82, 2.24) is 5.32 Å². The fourth-order valence-electron chi connectivity index (χ4n) is 3.53. The molecule has 7 heteroatoms. The van der Waals surface area contributed by atoms with Crippen molar-refractivity contribution in [3.8, 4) is 0 Å². The second-order valence-corrected chi connectivity index (χ2v) is 8.24. The minimum atomic E-state index is -2.98. The van der Waals surface area contributed by atoms with Crippen LogP contribution in [0.25, 0.3) is 6.08 Å². The number of hydrogen-bond donors (Lipinski definition) is 1. The van der Waals surface area contributed by atoms with Gasteiger partial charge in [0, 0.05) is 17.5 Å². The van der Waals surface area contributed by atoms with Crippen LogP contribution in [0.15, 0.2) is 52.9 Å². The van der Waals surface area contributed by atoms with E-state index in [0.29, 0.717) is 22.5 Å². The van der Waals surface area contributed by atoms with Gasteiger partial charge in [0.25, 0.3) is 0 Å². The number of dihydropyridines is 1. The van der Waals surface area contributed by atoms with Crippen molar-refractivity contribution in [3.63, 3.8) is 0 Å². The molecule has 172 valence electrons. The maximum Gasteiger partial charge on any atom is 0.336 e. The van der Waals surface area contributed by atoms with Gasteiger partial charge in [0.05, 0.1) is 34.8 Å². The van der Waals surface area contributed by atoms with Gasteiger partial charge in [0.2, 0.25) is 0 Å². The van der Waals surface area contributed by atoms with Gasteiger partial charge in [-0.05, 0) is 58.7 Å². The number of nitrogens with one attached hydrogen (secondary N) is 1. The predicted octanol–water partition coefficient (Wildman–Crippen LogP) is 4.01. The Hall–Kier alpha value is -3.35. The number of rotatable bonds is 6. The predicted molar refractivity (Wildman–Crippen MR) is 121 cm³/mol. The lowest BCUT2D eigenvalue weighted by atomic mass is 9.78. The van der Waals surface area contributed by atoms with Crippen molar-refractivity contribution < 1.29 is 32.7 Å². The van der Waals surface area contributed by atoms with E-state index in [1.807, 2.05) is 0 Å². The summed E-state index contributed by atoms with van der Waals surface area (Å²) in [5, 5.41) is 2.96. The summed E-state index contributed by atoms with van der Waals surface area (Å²) in [4.78, 5) is 38.3. The second-order valence-electron chi connectivity index (χ2n) is 8.24. The first-order chi connectivity index (χ1) is 16.1. The van der Waals surface area contributed by atoms with Crippen molar-refractivity contribution >= 4 is 24.0 Å². The zero-order valence-corrected chi connectivity index (χ0v) is 19.2. The second kappa shape index (κ2) is 10.3. The molecule has 1 heterocycles. The third-order valence-electron chi connectivity index (χ3n) is 4.68. The molecule has 1 unspecified atom stereocenters. The van der Waals surface area contributed by atoms with Gasteiger partial charge < -0.3 is 19.5 Å². The van der Waals surface area contributed by atoms with E-state index in [2.05, 4.69) is 5.32 Å². The highest BCUT2D eigenvalue weighted by molar-refractivity contribution is 6.00. The van der Waals surface area contributed by atoms with E-state index in [1.165, 1.54) is 12.2 Å². The number of carbonyl (C=O) groups excluding carboxylic acids is 3. The molecule has 1 aliphatic rings. The fourth-order valence-corrected chi connectivity index (χ4v) is 3.53. The van der Waals surface area contributed by atoms with Crippen LogP contribution in [-0.4, -0.2) is 37.2 Å². The van der Waals surface area contributed by atoms with Crippen LogP contribution in [0.4, 0.5) is 0 Å². The Morgan fingerprint density at radius 2 is 1.72 bits per heavy atom. The quantitative estimate of drug-likeness (QED) is 0.403. The lowest BCUT2D eigenvalue weighted by Gasteiger charge is -2.31. The van der Waals surface area contributed by atoms with Gasteiger partial charge in [-0.2, -0.15) is 0 Å². The van der Waals surface area contributed by atoms with Crippen molar-refractivity contribution in [2.45, 2.75) is 53.1 Å². The molecule has 0 radical (unpaired) electrons. The first-order valence-electron chi connectivity index (χ1n) is 11.7. The molecule has 7 nitrogen and oxygen atoms in total. The molecule has 0 amide bonds. The molecule has 1 aromatic rings.